The van der Waals surface area contributed by atoms with E-state index in [4.69, 9.17) is 4.74 Å². The second-order valence-corrected chi connectivity index (χ2v) is 11.5. The average Bonchev–Trinajstić information content (AvgIpc) is 3.09. The molecule has 2 nitrogen and oxygen atoms in total. The summed E-state index contributed by atoms with van der Waals surface area (Å²) in [6.07, 6.45) is 71.6. The Balaban J connectivity index is 3.81. The molecule has 0 bridgehead atoms. The largest absolute Gasteiger partial charge is 0.465 e. The highest BCUT2D eigenvalue weighted by Crippen LogP contribution is 2.13. The first-order valence-electron chi connectivity index (χ1n) is 18.7. The van der Waals surface area contributed by atoms with Crippen molar-refractivity contribution in [2.75, 3.05) is 0 Å². The van der Waals surface area contributed by atoms with Crippen LogP contribution >= 0.6 is 0 Å². The van der Waals surface area contributed by atoms with Crippen molar-refractivity contribution in [3.63, 3.8) is 0 Å². The minimum absolute atomic E-state index is 0.0289. The fourth-order valence-corrected chi connectivity index (χ4v) is 4.56. The minimum Gasteiger partial charge on any atom is -0.465 e. The highest BCUT2D eigenvalue weighted by molar-refractivity contribution is 5.37. The Labute approximate surface area is 296 Å². The minimum atomic E-state index is 0.0289. The number of hydrogen-bond donors (Lipinski definition) is 0. The van der Waals surface area contributed by atoms with Gasteiger partial charge in [-0.25, -0.2) is 0 Å². The van der Waals surface area contributed by atoms with Crippen LogP contribution in [0.25, 0.3) is 0 Å². The highest BCUT2D eigenvalue weighted by Gasteiger charge is 2.07. The smallest absolute Gasteiger partial charge is 0.293 e. The lowest BCUT2D eigenvalue weighted by atomic mass is 10.1. The van der Waals surface area contributed by atoms with E-state index >= 15 is 0 Å². The summed E-state index contributed by atoms with van der Waals surface area (Å²) in [6.45, 7) is 4.93. The number of rotatable bonds is 32. The Hall–Kier alpha value is -3.65. The van der Waals surface area contributed by atoms with Gasteiger partial charge in [-0.3, -0.25) is 4.79 Å². The molecule has 0 radical (unpaired) electrons. The molecular formula is C46H68O2. The van der Waals surface area contributed by atoms with Crippen LogP contribution < -0.4 is 0 Å². The molecule has 0 fully saturated rings. The van der Waals surface area contributed by atoms with Crippen LogP contribution in [0, 0.1) is 0 Å². The third-order valence-corrected chi connectivity index (χ3v) is 7.23. The molecule has 0 aliphatic rings. The Bertz CT molecular complexity index is 972. The van der Waals surface area contributed by atoms with E-state index in [-0.39, 0.29) is 6.10 Å². The third-order valence-electron chi connectivity index (χ3n) is 7.23. The Morgan fingerprint density at radius 1 is 0.354 bits per heavy atom. The van der Waals surface area contributed by atoms with Gasteiger partial charge in [0.15, 0.2) is 0 Å². The number of carbonyl (C=O) groups excluding carboxylic acids is 1. The molecule has 0 aromatic heterocycles. The lowest BCUT2D eigenvalue weighted by Crippen LogP contribution is -2.11. The van der Waals surface area contributed by atoms with Crippen molar-refractivity contribution >= 4 is 6.47 Å². The summed E-state index contributed by atoms with van der Waals surface area (Å²) in [5, 5.41) is 0. The number of ether oxygens (including phenoxy) is 1. The third kappa shape index (κ3) is 38.5. The van der Waals surface area contributed by atoms with Gasteiger partial charge in [0.1, 0.15) is 6.10 Å². The van der Waals surface area contributed by atoms with Gasteiger partial charge in [0.2, 0.25) is 0 Å². The second kappa shape index (κ2) is 41.4. The Kier molecular flexibility index (Phi) is 38.2. The van der Waals surface area contributed by atoms with Crippen molar-refractivity contribution in [3.05, 3.63) is 146 Å². The molecule has 0 aromatic rings. The molecule has 264 valence electrons. The van der Waals surface area contributed by atoms with Crippen LogP contribution in [0.5, 0.6) is 0 Å². The molecule has 2 heteroatoms. The summed E-state index contributed by atoms with van der Waals surface area (Å²) >= 11 is 0. The van der Waals surface area contributed by atoms with Crippen molar-refractivity contribution in [2.24, 2.45) is 0 Å². The van der Waals surface area contributed by atoms with Gasteiger partial charge in [-0.2, -0.15) is 0 Å². The maximum absolute atomic E-state index is 10.9. The fourth-order valence-electron chi connectivity index (χ4n) is 4.56. The van der Waals surface area contributed by atoms with Crippen molar-refractivity contribution in [3.8, 4) is 0 Å². The zero-order chi connectivity index (χ0) is 34.7. The van der Waals surface area contributed by atoms with E-state index < -0.39 is 0 Å². The van der Waals surface area contributed by atoms with Gasteiger partial charge in [0.25, 0.3) is 6.47 Å². The average molecular weight is 653 g/mol. The maximum Gasteiger partial charge on any atom is 0.293 e. The Morgan fingerprint density at radius 2 is 0.583 bits per heavy atom. The van der Waals surface area contributed by atoms with E-state index in [0.717, 1.165) is 116 Å². The highest BCUT2D eigenvalue weighted by atomic mass is 16.5. The summed E-state index contributed by atoms with van der Waals surface area (Å²) in [7, 11) is 0. The monoisotopic (exact) mass is 653 g/mol. The van der Waals surface area contributed by atoms with E-state index in [1.54, 1.807) is 0 Å². The summed E-state index contributed by atoms with van der Waals surface area (Å²) in [4.78, 5) is 10.9. The lowest BCUT2D eigenvalue weighted by Gasteiger charge is -2.13. The zero-order valence-electron chi connectivity index (χ0n) is 30.6. The molecule has 48 heavy (non-hydrogen) atoms. The molecule has 0 saturated carbocycles. The fraction of sp³-hybridized carbons (Fsp3) is 0.457. The molecule has 0 amide bonds. The van der Waals surface area contributed by atoms with Crippen molar-refractivity contribution in [1.29, 1.82) is 0 Å². The lowest BCUT2D eigenvalue weighted by molar-refractivity contribution is -0.134. The molecule has 0 aromatic carbocycles. The zero-order valence-corrected chi connectivity index (χ0v) is 30.6. The molecule has 0 aliphatic heterocycles. The molecule has 0 saturated heterocycles. The van der Waals surface area contributed by atoms with Crippen molar-refractivity contribution < 1.29 is 9.53 Å². The van der Waals surface area contributed by atoms with Gasteiger partial charge in [-0.1, -0.05) is 160 Å². The molecule has 0 heterocycles. The van der Waals surface area contributed by atoms with Gasteiger partial charge in [-0.05, 0) is 116 Å². The van der Waals surface area contributed by atoms with Crippen molar-refractivity contribution in [2.45, 2.75) is 136 Å². The quantitative estimate of drug-likeness (QED) is 0.0411. The van der Waals surface area contributed by atoms with Gasteiger partial charge in [0.05, 0.1) is 0 Å². The molecule has 0 atom stereocenters. The maximum atomic E-state index is 10.9. The van der Waals surface area contributed by atoms with Crippen LogP contribution in [0.1, 0.15) is 129 Å². The van der Waals surface area contributed by atoms with E-state index in [0.29, 0.717) is 6.47 Å². The van der Waals surface area contributed by atoms with Crippen LogP contribution in [-0.2, 0) is 9.53 Å². The number of unbranched alkanes of at least 4 members (excludes halogenated alkanes) is 2. The van der Waals surface area contributed by atoms with E-state index in [2.05, 4.69) is 160 Å². The summed E-state index contributed by atoms with van der Waals surface area (Å²) in [5.41, 5.74) is 0. The number of carbonyl (C=O) groups is 1. The number of allylic oxidation sites excluding steroid dienone is 24. The Morgan fingerprint density at radius 3 is 0.812 bits per heavy atom. The summed E-state index contributed by atoms with van der Waals surface area (Å²) in [6, 6.07) is 0. The van der Waals surface area contributed by atoms with Crippen LogP contribution in [0.15, 0.2) is 146 Å². The number of hydrogen-bond acceptors (Lipinski definition) is 2. The predicted molar refractivity (Wildman–Crippen MR) is 215 cm³/mol. The molecule has 0 aliphatic carbocycles. The van der Waals surface area contributed by atoms with Crippen LogP contribution in [-0.4, -0.2) is 12.6 Å². The topological polar surface area (TPSA) is 26.3 Å². The predicted octanol–water partition coefficient (Wildman–Crippen LogP) is 14.3. The first-order chi connectivity index (χ1) is 23.8. The van der Waals surface area contributed by atoms with Crippen LogP contribution in [0.4, 0.5) is 0 Å². The molecule has 0 rings (SSSR count). The van der Waals surface area contributed by atoms with Crippen LogP contribution in [0.2, 0.25) is 0 Å². The van der Waals surface area contributed by atoms with Crippen LogP contribution in [0.3, 0.4) is 0 Å². The molecule has 0 spiro atoms. The second-order valence-electron chi connectivity index (χ2n) is 11.5. The first kappa shape index (κ1) is 44.4. The van der Waals surface area contributed by atoms with E-state index in [1.165, 1.54) is 0 Å². The van der Waals surface area contributed by atoms with E-state index in [9.17, 15) is 4.79 Å². The van der Waals surface area contributed by atoms with Gasteiger partial charge < -0.3 is 4.74 Å². The van der Waals surface area contributed by atoms with E-state index in [1.807, 2.05) is 0 Å². The molecular weight excluding hydrogens is 585 g/mol. The van der Waals surface area contributed by atoms with Gasteiger partial charge >= 0.3 is 0 Å². The first-order valence-corrected chi connectivity index (χ1v) is 18.7. The summed E-state index contributed by atoms with van der Waals surface area (Å²) in [5.74, 6) is 0. The summed E-state index contributed by atoms with van der Waals surface area (Å²) < 4.78 is 5.34. The SMILES string of the molecule is CC/C=C\C/C=C\C/C=C\C/C=C\C/C=C\C/C=C\CCCC(CCC/C=C\C/C=C\C/C=C\C/C=C\C/C=C\C/C=C\CC)OC=O. The normalized spacial score (nSPS) is 13.6. The van der Waals surface area contributed by atoms with Gasteiger partial charge in [0, 0.05) is 0 Å². The van der Waals surface area contributed by atoms with Crippen molar-refractivity contribution in [1.82, 2.24) is 0 Å². The molecule has 0 N–H and O–H groups in total. The molecule has 0 unspecified atom stereocenters. The van der Waals surface area contributed by atoms with Gasteiger partial charge in [-0.15, -0.1) is 0 Å². The standard InChI is InChI=1S/C46H68O2/c1-3-5-7-9-11-13-15-17-19-21-23-25-27-29-31-33-35-37-39-41-43-46(48-45-47)44-42-40-38-36-34-32-30-28-26-24-22-20-18-16-14-12-10-8-6-4-2/h5-8,11-14,17-20,23-26,29-32,35-38,45-46H,3-4,9-10,15-16,21-22,27-28,33-34,39-44H2,1-2H3/b7-5-,8-6-,13-11-,14-12-,19-17-,20-18-,25-23-,26-24-,31-29-,32-30-,37-35-,38-36-.